The number of benzene rings is 2. The number of aromatic nitrogens is 2. The van der Waals surface area contributed by atoms with Crippen molar-refractivity contribution in [2.75, 3.05) is 5.32 Å². The molecule has 0 saturated heterocycles. The minimum atomic E-state index is -0.852. The van der Waals surface area contributed by atoms with E-state index in [-0.39, 0.29) is 0 Å². The van der Waals surface area contributed by atoms with Crippen LogP contribution in [-0.4, -0.2) is 27.0 Å². The van der Waals surface area contributed by atoms with Gasteiger partial charge in [0.1, 0.15) is 17.5 Å². The lowest BCUT2D eigenvalue weighted by Crippen LogP contribution is -2.50. The van der Waals surface area contributed by atoms with Gasteiger partial charge in [0.15, 0.2) is 5.82 Å². The monoisotopic (exact) mass is 368 g/mol. The van der Waals surface area contributed by atoms with Gasteiger partial charge in [-0.05, 0) is 50.2 Å². The maximum Gasteiger partial charge on any atom is 0.156 e. The van der Waals surface area contributed by atoms with Crippen molar-refractivity contribution < 1.29 is 9.84 Å². The number of anilines is 1. The maximum atomic E-state index is 10.9. The van der Waals surface area contributed by atoms with Crippen molar-refractivity contribution in [2.45, 2.75) is 31.6 Å². The molecule has 3 N–H and O–H groups in total. The summed E-state index contributed by atoms with van der Waals surface area (Å²) in [5.74, 6) is 1.22. The number of aliphatic hydroxyl groups is 1. The summed E-state index contributed by atoms with van der Waals surface area (Å²) in [6.07, 6.45) is -0.852. The highest BCUT2D eigenvalue weighted by Crippen LogP contribution is 2.42. The Morgan fingerprint density at radius 1 is 1.31 bits per heavy atom. The van der Waals surface area contributed by atoms with Crippen LogP contribution in [0.15, 0.2) is 36.4 Å². The Hall–Kier alpha value is -2.75. The van der Waals surface area contributed by atoms with E-state index in [2.05, 4.69) is 21.6 Å². The highest BCUT2D eigenvalue weighted by Gasteiger charge is 2.43. The van der Waals surface area contributed by atoms with Crippen LogP contribution < -0.4 is 10.1 Å². The number of aromatic amines is 1. The quantitative estimate of drug-likeness (QED) is 0.640. The number of nitrogens with zero attached hydrogens (tertiary/aromatic N) is 2. The molecule has 4 rings (SSSR count). The maximum absolute atomic E-state index is 10.9. The van der Waals surface area contributed by atoms with Gasteiger partial charge < -0.3 is 15.2 Å². The molecule has 3 aromatic rings. The molecule has 0 radical (unpaired) electrons. The minimum absolute atomic E-state index is 0.493. The first-order valence-electron chi connectivity index (χ1n) is 8.20. The van der Waals surface area contributed by atoms with Gasteiger partial charge >= 0.3 is 0 Å². The van der Waals surface area contributed by atoms with Gasteiger partial charge in [0, 0.05) is 16.0 Å². The van der Waals surface area contributed by atoms with Crippen LogP contribution >= 0.6 is 11.6 Å². The molecular weight excluding hydrogens is 352 g/mol. The zero-order valence-corrected chi connectivity index (χ0v) is 15.0. The summed E-state index contributed by atoms with van der Waals surface area (Å²) < 4.78 is 5.94. The molecule has 0 bridgehead atoms. The predicted octanol–water partition coefficient (Wildman–Crippen LogP) is 3.77. The highest BCUT2D eigenvalue weighted by molar-refractivity contribution is 6.31. The molecule has 0 saturated carbocycles. The first kappa shape index (κ1) is 16.7. The van der Waals surface area contributed by atoms with Gasteiger partial charge in [-0.2, -0.15) is 10.4 Å². The number of aliphatic hydroxyl groups excluding tert-OH is 1. The fraction of sp³-hybridized carbons (Fsp3) is 0.263. The Balaban J connectivity index is 1.81. The van der Waals surface area contributed by atoms with Gasteiger partial charge in [0.05, 0.1) is 23.2 Å². The van der Waals surface area contributed by atoms with Gasteiger partial charge in [-0.25, -0.2) is 0 Å². The van der Waals surface area contributed by atoms with Crippen molar-refractivity contribution >= 4 is 28.3 Å². The Bertz CT molecular complexity index is 1040. The van der Waals surface area contributed by atoms with E-state index in [1.165, 1.54) is 0 Å². The fourth-order valence-electron chi connectivity index (χ4n) is 3.27. The summed E-state index contributed by atoms with van der Waals surface area (Å²) in [6, 6.07) is 12.3. The van der Waals surface area contributed by atoms with Crippen molar-refractivity contribution in [1.82, 2.24) is 10.2 Å². The van der Waals surface area contributed by atoms with Gasteiger partial charge in [-0.15, -0.1) is 0 Å². The van der Waals surface area contributed by atoms with E-state index in [1.54, 1.807) is 24.3 Å². The number of ether oxygens (including phenoxy) is 1. The van der Waals surface area contributed by atoms with E-state index in [0.29, 0.717) is 27.7 Å². The van der Waals surface area contributed by atoms with E-state index in [9.17, 15) is 10.4 Å². The molecule has 26 heavy (non-hydrogen) atoms. The molecule has 0 aliphatic carbocycles. The second kappa shape index (κ2) is 5.90. The summed E-state index contributed by atoms with van der Waals surface area (Å²) in [6.45, 7) is 3.65. The predicted molar refractivity (Wildman–Crippen MR) is 99.3 cm³/mol. The zero-order valence-electron chi connectivity index (χ0n) is 14.2. The lowest BCUT2D eigenvalue weighted by atomic mass is 9.86. The van der Waals surface area contributed by atoms with Crippen LogP contribution in [0, 0.1) is 11.3 Å². The van der Waals surface area contributed by atoms with Gasteiger partial charge in [0.25, 0.3) is 0 Å². The molecular formula is C19H17ClN4O2. The van der Waals surface area contributed by atoms with Crippen molar-refractivity contribution in [1.29, 1.82) is 5.26 Å². The van der Waals surface area contributed by atoms with Gasteiger partial charge in [-0.1, -0.05) is 11.6 Å². The lowest BCUT2D eigenvalue weighted by molar-refractivity contribution is -0.0533. The summed E-state index contributed by atoms with van der Waals surface area (Å²) in [5.41, 5.74) is 1.25. The molecule has 2 aromatic carbocycles. The number of hydrogen-bond acceptors (Lipinski definition) is 5. The summed E-state index contributed by atoms with van der Waals surface area (Å²) in [5, 5.41) is 32.1. The fourth-order valence-corrected chi connectivity index (χ4v) is 3.44. The number of nitriles is 1. The topological polar surface area (TPSA) is 94.0 Å². The summed E-state index contributed by atoms with van der Waals surface area (Å²) in [4.78, 5) is 0. The minimum Gasteiger partial charge on any atom is -0.485 e. The molecule has 0 spiro atoms. The second-order valence-electron chi connectivity index (χ2n) is 6.90. The normalized spacial score (nSPS) is 20.9. The molecule has 132 valence electrons. The Morgan fingerprint density at radius 2 is 2.12 bits per heavy atom. The molecule has 1 aliphatic heterocycles. The van der Waals surface area contributed by atoms with Crippen LogP contribution in [-0.2, 0) is 0 Å². The van der Waals surface area contributed by atoms with Crippen LogP contribution in [0.4, 0.5) is 5.82 Å². The van der Waals surface area contributed by atoms with Crippen LogP contribution in [0.5, 0.6) is 5.75 Å². The number of halogens is 1. The molecule has 2 heterocycles. The Morgan fingerprint density at radius 3 is 2.88 bits per heavy atom. The van der Waals surface area contributed by atoms with E-state index in [1.807, 2.05) is 26.0 Å². The van der Waals surface area contributed by atoms with Crippen molar-refractivity contribution in [3.63, 3.8) is 0 Å². The van der Waals surface area contributed by atoms with E-state index in [4.69, 9.17) is 16.3 Å². The molecule has 2 atom stereocenters. The number of rotatable bonds is 2. The molecule has 1 aromatic heterocycles. The SMILES string of the molecule is CC1(C)Oc2ccc(C#N)cc2[C@@H](Nc2n[nH]c3ccc(Cl)cc23)[C@@H]1O. The summed E-state index contributed by atoms with van der Waals surface area (Å²) in [7, 11) is 0. The second-order valence-corrected chi connectivity index (χ2v) is 7.34. The molecule has 7 heteroatoms. The van der Waals surface area contributed by atoms with Crippen molar-refractivity contribution in [3.05, 3.63) is 52.5 Å². The van der Waals surface area contributed by atoms with Crippen molar-refractivity contribution in [3.8, 4) is 11.8 Å². The molecule has 1 aliphatic rings. The number of hydrogen-bond donors (Lipinski definition) is 3. The molecule has 0 amide bonds. The van der Waals surface area contributed by atoms with Crippen LogP contribution in [0.25, 0.3) is 10.9 Å². The molecule has 0 unspecified atom stereocenters. The number of nitrogens with one attached hydrogen (secondary N) is 2. The lowest BCUT2D eigenvalue weighted by Gasteiger charge is -2.42. The largest absolute Gasteiger partial charge is 0.485 e. The first-order chi connectivity index (χ1) is 12.4. The van der Waals surface area contributed by atoms with Gasteiger partial charge in [-0.3, -0.25) is 5.10 Å². The third-order valence-electron chi connectivity index (χ3n) is 4.69. The smallest absolute Gasteiger partial charge is 0.156 e. The standard InChI is InChI=1S/C19H17ClN4O2/c1-19(2)17(25)16(13-7-10(9-21)3-6-15(13)26-19)22-18-12-8-11(20)4-5-14(12)23-24-18/h3-8,16-17,25H,1-2H3,(H2,22,23,24)/t16-,17+/m1/s1. The van der Waals surface area contributed by atoms with E-state index < -0.39 is 17.7 Å². The van der Waals surface area contributed by atoms with E-state index in [0.717, 1.165) is 10.9 Å². The number of H-pyrrole nitrogens is 1. The van der Waals surface area contributed by atoms with E-state index >= 15 is 0 Å². The van der Waals surface area contributed by atoms with Crippen LogP contribution in [0.2, 0.25) is 5.02 Å². The van der Waals surface area contributed by atoms with Crippen LogP contribution in [0.3, 0.4) is 0 Å². The molecule has 6 nitrogen and oxygen atoms in total. The zero-order chi connectivity index (χ0) is 18.5. The third kappa shape index (κ3) is 2.66. The summed E-state index contributed by atoms with van der Waals surface area (Å²) >= 11 is 6.11. The first-order valence-corrected chi connectivity index (χ1v) is 8.58. The van der Waals surface area contributed by atoms with Crippen molar-refractivity contribution in [2.24, 2.45) is 0 Å². The average molecular weight is 369 g/mol. The highest BCUT2D eigenvalue weighted by atomic mass is 35.5. The average Bonchev–Trinajstić information content (AvgIpc) is 3.00. The Kier molecular flexibility index (Phi) is 3.79. The number of fused-ring (bicyclic) bond motifs is 2. The third-order valence-corrected chi connectivity index (χ3v) is 4.93. The van der Waals surface area contributed by atoms with Gasteiger partial charge in [0.2, 0.25) is 0 Å². The van der Waals surface area contributed by atoms with Crippen LogP contribution in [0.1, 0.15) is 31.0 Å². The molecule has 0 fully saturated rings. The Labute approximate surface area is 155 Å².